The van der Waals surface area contributed by atoms with E-state index in [2.05, 4.69) is 42.2 Å². The molecule has 1 aliphatic heterocycles. The molecule has 1 aromatic carbocycles. The summed E-state index contributed by atoms with van der Waals surface area (Å²) in [6, 6.07) is 11.1. The fourth-order valence-corrected chi connectivity index (χ4v) is 4.46. The standard InChI is InChI=1S/C19H30N2/c1-2-16-10-13-21(14-16)19(15-20)11-8-18(9-12-19)17-6-4-3-5-7-17/h3-7,16,18H,2,8-15,20H2,1H3. The van der Waals surface area contributed by atoms with Gasteiger partial charge in [0.2, 0.25) is 0 Å². The Balaban J connectivity index is 1.65. The van der Waals surface area contributed by atoms with Crippen molar-refractivity contribution in [3.8, 4) is 0 Å². The van der Waals surface area contributed by atoms with Crippen molar-refractivity contribution in [2.24, 2.45) is 11.7 Å². The molecule has 1 unspecified atom stereocenters. The van der Waals surface area contributed by atoms with E-state index in [0.717, 1.165) is 18.4 Å². The molecule has 1 atom stereocenters. The van der Waals surface area contributed by atoms with E-state index in [1.54, 1.807) is 0 Å². The van der Waals surface area contributed by atoms with Crippen molar-refractivity contribution in [2.75, 3.05) is 19.6 Å². The Morgan fingerprint density at radius 2 is 1.86 bits per heavy atom. The Kier molecular flexibility index (Phi) is 4.66. The van der Waals surface area contributed by atoms with Gasteiger partial charge in [-0.25, -0.2) is 0 Å². The van der Waals surface area contributed by atoms with Crippen LogP contribution >= 0.6 is 0 Å². The fraction of sp³-hybridized carbons (Fsp3) is 0.684. The average Bonchev–Trinajstić information content (AvgIpc) is 3.05. The quantitative estimate of drug-likeness (QED) is 0.913. The van der Waals surface area contributed by atoms with Gasteiger partial charge in [0, 0.05) is 18.6 Å². The maximum atomic E-state index is 6.25. The van der Waals surface area contributed by atoms with Gasteiger partial charge in [0.05, 0.1) is 0 Å². The van der Waals surface area contributed by atoms with Crippen molar-refractivity contribution >= 4 is 0 Å². The Morgan fingerprint density at radius 3 is 2.43 bits per heavy atom. The monoisotopic (exact) mass is 286 g/mol. The molecule has 1 aliphatic carbocycles. The van der Waals surface area contributed by atoms with E-state index < -0.39 is 0 Å². The van der Waals surface area contributed by atoms with Crippen LogP contribution in [0.5, 0.6) is 0 Å². The van der Waals surface area contributed by atoms with Crippen LogP contribution in [0.4, 0.5) is 0 Å². The molecule has 1 aromatic rings. The summed E-state index contributed by atoms with van der Waals surface area (Å²) in [5.74, 6) is 1.65. The average molecular weight is 286 g/mol. The molecule has 21 heavy (non-hydrogen) atoms. The lowest BCUT2D eigenvalue weighted by atomic mass is 9.73. The lowest BCUT2D eigenvalue weighted by Gasteiger charge is -2.46. The van der Waals surface area contributed by atoms with E-state index >= 15 is 0 Å². The van der Waals surface area contributed by atoms with Crippen LogP contribution in [0.25, 0.3) is 0 Å². The van der Waals surface area contributed by atoms with Crippen molar-refractivity contribution < 1.29 is 0 Å². The van der Waals surface area contributed by atoms with Gasteiger partial charge >= 0.3 is 0 Å². The third kappa shape index (κ3) is 3.02. The second-order valence-electron chi connectivity index (χ2n) is 7.12. The number of hydrogen-bond donors (Lipinski definition) is 1. The molecule has 3 rings (SSSR count). The normalized spacial score (nSPS) is 34.2. The van der Waals surface area contributed by atoms with Gasteiger partial charge in [-0.15, -0.1) is 0 Å². The Labute approximate surface area is 129 Å². The summed E-state index contributed by atoms with van der Waals surface area (Å²) in [7, 11) is 0. The zero-order valence-electron chi connectivity index (χ0n) is 13.4. The third-order valence-electron chi connectivity index (χ3n) is 6.10. The summed E-state index contributed by atoms with van der Waals surface area (Å²) >= 11 is 0. The molecular formula is C19H30N2. The van der Waals surface area contributed by atoms with Gasteiger partial charge in [-0.1, -0.05) is 43.7 Å². The van der Waals surface area contributed by atoms with E-state index in [-0.39, 0.29) is 0 Å². The second-order valence-corrected chi connectivity index (χ2v) is 7.12. The zero-order valence-corrected chi connectivity index (χ0v) is 13.4. The Hall–Kier alpha value is -0.860. The van der Waals surface area contributed by atoms with Crippen molar-refractivity contribution in [1.29, 1.82) is 0 Å². The van der Waals surface area contributed by atoms with Crippen LogP contribution in [0.1, 0.15) is 56.9 Å². The Bertz CT molecular complexity index is 434. The lowest BCUT2D eigenvalue weighted by Crippen LogP contribution is -2.54. The van der Waals surface area contributed by atoms with Crippen LogP contribution in [0.3, 0.4) is 0 Å². The smallest absolute Gasteiger partial charge is 0.0332 e. The summed E-state index contributed by atoms with van der Waals surface area (Å²) in [6.07, 6.45) is 7.85. The van der Waals surface area contributed by atoms with Crippen LogP contribution in [0, 0.1) is 5.92 Å². The van der Waals surface area contributed by atoms with Crippen molar-refractivity contribution in [1.82, 2.24) is 4.90 Å². The number of rotatable bonds is 4. The van der Waals surface area contributed by atoms with Gasteiger partial charge in [0.25, 0.3) is 0 Å². The largest absolute Gasteiger partial charge is 0.329 e. The molecule has 1 saturated carbocycles. The maximum Gasteiger partial charge on any atom is 0.0332 e. The maximum absolute atomic E-state index is 6.25. The number of nitrogens with two attached hydrogens (primary N) is 1. The summed E-state index contributed by atoms with van der Waals surface area (Å²) in [5.41, 5.74) is 8.07. The first-order valence-corrected chi connectivity index (χ1v) is 8.77. The molecule has 1 saturated heterocycles. The van der Waals surface area contributed by atoms with Crippen molar-refractivity contribution in [3.05, 3.63) is 35.9 Å². The summed E-state index contributed by atoms with van der Waals surface area (Å²) in [5, 5.41) is 0. The molecule has 0 bridgehead atoms. The van der Waals surface area contributed by atoms with E-state index in [1.165, 1.54) is 57.2 Å². The predicted octanol–water partition coefficient (Wildman–Crippen LogP) is 3.77. The zero-order chi connectivity index (χ0) is 14.7. The van der Waals surface area contributed by atoms with Gasteiger partial charge in [0.15, 0.2) is 0 Å². The molecule has 2 nitrogen and oxygen atoms in total. The molecule has 0 amide bonds. The Morgan fingerprint density at radius 1 is 1.14 bits per heavy atom. The molecule has 0 aromatic heterocycles. The highest BCUT2D eigenvalue weighted by molar-refractivity contribution is 5.21. The van der Waals surface area contributed by atoms with Gasteiger partial charge in [0.1, 0.15) is 0 Å². The van der Waals surface area contributed by atoms with Crippen molar-refractivity contribution in [2.45, 2.75) is 56.9 Å². The van der Waals surface area contributed by atoms with E-state index in [0.29, 0.717) is 5.54 Å². The lowest BCUT2D eigenvalue weighted by molar-refractivity contribution is 0.0705. The number of benzene rings is 1. The fourth-order valence-electron chi connectivity index (χ4n) is 4.46. The first-order chi connectivity index (χ1) is 10.3. The minimum absolute atomic E-state index is 0.301. The highest BCUT2D eigenvalue weighted by Gasteiger charge is 2.41. The van der Waals surface area contributed by atoms with E-state index in [9.17, 15) is 0 Å². The first kappa shape index (κ1) is 15.1. The van der Waals surface area contributed by atoms with Gasteiger partial charge in [-0.2, -0.15) is 0 Å². The molecule has 1 heterocycles. The molecule has 2 aliphatic rings. The van der Waals surface area contributed by atoms with Crippen LogP contribution in [0.15, 0.2) is 30.3 Å². The molecule has 2 N–H and O–H groups in total. The van der Waals surface area contributed by atoms with Gasteiger partial charge in [-0.3, -0.25) is 4.90 Å². The number of likely N-dealkylation sites (tertiary alicyclic amines) is 1. The van der Waals surface area contributed by atoms with Crippen LogP contribution < -0.4 is 5.73 Å². The van der Waals surface area contributed by atoms with E-state index in [1.807, 2.05) is 0 Å². The third-order valence-corrected chi connectivity index (χ3v) is 6.10. The number of hydrogen-bond acceptors (Lipinski definition) is 2. The summed E-state index contributed by atoms with van der Waals surface area (Å²) < 4.78 is 0. The van der Waals surface area contributed by atoms with Crippen LogP contribution in [-0.4, -0.2) is 30.1 Å². The second kappa shape index (κ2) is 6.50. The molecule has 116 valence electrons. The SMILES string of the molecule is CCC1CCN(C2(CN)CCC(c3ccccc3)CC2)C1. The van der Waals surface area contributed by atoms with Crippen LogP contribution in [-0.2, 0) is 0 Å². The highest BCUT2D eigenvalue weighted by atomic mass is 15.2. The minimum Gasteiger partial charge on any atom is -0.329 e. The van der Waals surface area contributed by atoms with Crippen molar-refractivity contribution in [3.63, 3.8) is 0 Å². The van der Waals surface area contributed by atoms with Gasteiger partial charge in [-0.05, 0) is 56.0 Å². The minimum atomic E-state index is 0.301. The summed E-state index contributed by atoms with van der Waals surface area (Å²) in [6.45, 7) is 5.72. The molecule has 0 spiro atoms. The first-order valence-electron chi connectivity index (χ1n) is 8.77. The molecular weight excluding hydrogens is 256 g/mol. The molecule has 0 radical (unpaired) electrons. The summed E-state index contributed by atoms with van der Waals surface area (Å²) in [4.78, 5) is 2.74. The molecule has 2 fully saturated rings. The molecule has 2 heteroatoms. The van der Waals surface area contributed by atoms with Gasteiger partial charge < -0.3 is 5.73 Å². The van der Waals surface area contributed by atoms with Crippen LogP contribution in [0.2, 0.25) is 0 Å². The number of nitrogens with zero attached hydrogens (tertiary/aromatic N) is 1. The van der Waals surface area contributed by atoms with E-state index in [4.69, 9.17) is 5.73 Å². The topological polar surface area (TPSA) is 29.3 Å². The highest BCUT2D eigenvalue weighted by Crippen LogP contribution is 2.42. The predicted molar refractivity (Wildman–Crippen MR) is 89.4 cm³/mol.